The molecule has 1 aromatic carbocycles. The van der Waals surface area contributed by atoms with Crippen LogP contribution in [-0.2, 0) is 16.0 Å². The molecule has 96 valence electrons. The molecule has 2 rings (SSSR count). The number of benzene rings is 1. The van der Waals surface area contributed by atoms with E-state index >= 15 is 0 Å². The number of carboxylic acids is 1. The molecule has 5 heteroatoms. The topological polar surface area (TPSA) is 58.9 Å². The Morgan fingerprint density at radius 2 is 2.17 bits per heavy atom. The molecule has 1 unspecified atom stereocenters. The minimum atomic E-state index is -0.822. The van der Waals surface area contributed by atoms with E-state index < -0.39 is 5.97 Å². The van der Waals surface area contributed by atoms with Crippen molar-refractivity contribution in [2.75, 3.05) is 6.54 Å². The Bertz CT molecular complexity index is 456. The van der Waals surface area contributed by atoms with Crippen molar-refractivity contribution in [3.63, 3.8) is 0 Å². The molecule has 0 aliphatic carbocycles. The predicted octanol–water partition coefficient (Wildman–Crippen LogP) is 2.65. The highest BCUT2D eigenvalue weighted by Crippen LogP contribution is 2.16. The van der Waals surface area contributed by atoms with Gasteiger partial charge in [0.2, 0.25) is 0 Å². The fraction of sp³-hybridized carbons (Fsp3) is 0.385. The van der Waals surface area contributed by atoms with E-state index in [0.29, 0.717) is 18.9 Å². The van der Waals surface area contributed by atoms with Crippen LogP contribution >= 0.6 is 15.9 Å². The lowest BCUT2D eigenvalue weighted by Crippen LogP contribution is -2.16. The second kappa shape index (κ2) is 6.00. The van der Waals surface area contributed by atoms with Crippen LogP contribution in [0, 0.1) is 0 Å². The van der Waals surface area contributed by atoms with Crippen molar-refractivity contribution in [2.45, 2.75) is 25.4 Å². The van der Waals surface area contributed by atoms with Crippen molar-refractivity contribution < 1.29 is 14.6 Å². The van der Waals surface area contributed by atoms with Crippen molar-refractivity contribution in [3.05, 3.63) is 34.3 Å². The van der Waals surface area contributed by atoms with Gasteiger partial charge in [-0.15, -0.1) is 0 Å². The number of carbonyl (C=O) groups is 1. The average molecular weight is 312 g/mol. The number of aliphatic imine (C=N–C) groups is 1. The Hall–Kier alpha value is -1.36. The van der Waals surface area contributed by atoms with Crippen LogP contribution in [-0.4, -0.2) is 29.6 Å². The highest BCUT2D eigenvalue weighted by Gasteiger charge is 2.20. The number of aliphatic carboxylic acids is 1. The van der Waals surface area contributed by atoms with E-state index in [1.54, 1.807) is 0 Å². The first-order valence-corrected chi connectivity index (χ1v) is 6.59. The van der Waals surface area contributed by atoms with Gasteiger partial charge in [0.05, 0.1) is 13.0 Å². The summed E-state index contributed by atoms with van der Waals surface area (Å²) in [6.45, 7) is 0.616. The monoisotopic (exact) mass is 311 g/mol. The predicted molar refractivity (Wildman–Crippen MR) is 71.9 cm³/mol. The van der Waals surface area contributed by atoms with E-state index in [1.807, 2.05) is 24.3 Å². The summed E-state index contributed by atoms with van der Waals surface area (Å²) in [5, 5.41) is 8.59. The molecule has 1 N–H and O–H groups in total. The first kappa shape index (κ1) is 13.1. The van der Waals surface area contributed by atoms with Gasteiger partial charge in [-0.1, -0.05) is 28.1 Å². The molecule has 4 nitrogen and oxygen atoms in total. The number of carboxylic acid groups (broad SMARTS) is 1. The minimum Gasteiger partial charge on any atom is -0.481 e. The maximum absolute atomic E-state index is 10.4. The van der Waals surface area contributed by atoms with E-state index in [-0.39, 0.29) is 12.5 Å². The van der Waals surface area contributed by atoms with Gasteiger partial charge in [0.25, 0.3) is 0 Å². The highest BCUT2D eigenvalue weighted by molar-refractivity contribution is 9.10. The molecule has 1 aliphatic heterocycles. The third-order valence-corrected chi connectivity index (χ3v) is 3.23. The molecule has 0 amide bonds. The molecule has 0 saturated heterocycles. The average Bonchev–Trinajstić information content (AvgIpc) is 2.77. The van der Waals surface area contributed by atoms with Crippen molar-refractivity contribution in [3.8, 4) is 0 Å². The minimum absolute atomic E-state index is 0.0370. The lowest BCUT2D eigenvalue weighted by atomic mass is 10.1. The van der Waals surface area contributed by atoms with Gasteiger partial charge in [0.1, 0.15) is 6.10 Å². The van der Waals surface area contributed by atoms with Gasteiger partial charge in [0.15, 0.2) is 5.90 Å². The highest BCUT2D eigenvalue weighted by atomic mass is 79.9. The second-order valence-corrected chi connectivity index (χ2v) is 5.11. The molecule has 1 aliphatic rings. The number of rotatable bonds is 5. The van der Waals surface area contributed by atoms with Crippen LogP contribution in [0.25, 0.3) is 0 Å². The molecule has 0 saturated carbocycles. The summed E-state index contributed by atoms with van der Waals surface area (Å²) in [6, 6.07) is 8.08. The zero-order valence-corrected chi connectivity index (χ0v) is 11.4. The van der Waals surface area contributed by atoms with E-state index in [9.17, 15) is 4.79 Å². The molecule has 1 aromatic rings. The zero-order valence-electron chi connectivity index (χ0n) is 9.80. The Morgan fingerprint density at radius 1 is 1.44 bits per heavy atom. The van der Waals surface area contributed by atoms with Crippen LogP contribution in [0.4, 0.5) is 0 Å². The smallest absolute Gasteiger partial charge is 0.303 e. The molecule has 1 heterocycles. The van der Waals surface area contributed by atoms with Crippen LogP contribution in [0.3, 0.4) is 0 Å². The Morgan fingerprint density at radius 3 is 2.83 bits per heavy atom. The van der Waals surface area contributed by atoms with Crippen LogP contribution in [0.1, 0.15) is 18.4 Å². The van der Waals surface area contributed by atoms with Crippen molar-refractivity contribution in [1.29, 1.82) is 0 Å². The third-order valence-electron chi connectivity index (χ3n) is 2.70. The molecule has 0 fully saturated rings. The van der Waals surface area contributed by atoms with Gasteiger partial charge in [-0.25, -0.2) is 0 Å². The summed E-state index contributed by atoms with van der Waals surface area (Å²) in [6.07, 6.45) is 1.29. The maximum Gasteiger partial charge on any atom is 0.303 e. The summed E-state index contributed by atoms with van der Waals surface area (Å²) in [7, 11) is 0. The van der Waals surface area contributed by atoms with Gasteiger partial charge < -0.3 is 9.84 Å². The second-order valence-electron chi connectivity index (χ2n) is 4.20. The van der Waals surface area contributed by atoms with Gasteiger partial charge in [0, 0.05) is 17.3 Å². The number of halogens is 1. The summed E-state index contributed by atoms with van der Waals surface area (Å²) in [5.74, 6) is -0.253. The van der Waals surface area contributed by atoms with E-state index in [1.165, 1.54) is 5.56 Å². The van der Waals surface area contributed by atoms with E-state index in [2.05, 4.69) is 20.9 Å². The Kier molecular flexibility index (Phi) is 4.36. The summed E-state index contributed by atoms with van der Waals surface area (Å²) in [5.41, 5.74) is 1.19. The molecule has 0 aromatic heterocycles. The third kappa shape index (κ3) is 3.84. The molecular formula is C13H14BrNO3. The fourth-order valence-corrected chi connectivity index (χ4v) is 2.08. The lowest BCUT2D eigenvalue weighted by molar-refractivity contribution is -0.136. The van der Waals surface area contributed by atoms with Crippen LogP contribution in [0.15, 0.2) is 33.7 Å². The standard InChI is InChI=1S/C13H14BrNO3/c14-10-3-1-9(2-4-10)7-11-8-15-12(18-11)5-6-13(16)17/h1-4,11H,5-8H2,(H,16,17). The molecule has 0 radical (unpaired) electrons. The van der Waals surface area contributed by atoms with Gasteiger partial charge in [-0.3, -0.25) is 9.79 Å². The normalized spacial score (nSPS) is 18.3. The van der Waals surface area contributed by atoms with Gasteiger partial charge in [-0.05, 0) is 17.7 Å². The number of nitrogens with zero attached hydrogens (tertiary/aromatic N) is 1. The zero-order chi connectivity index (χ0) is 13.0. The first-order chi connectivity index (χ1) is 8.63. The SMILES string of the molecule is O=C(O)CCC1=NCC(Cc2ccc(Br)cc2)O1. The maximum atomic E-state index is 10.4. The lowest BCUT2D eigenvalue weighted by Gasteiger charge is -2.11. The van der Waals surface area contributed by atoms with Crippen LogP contribution in [0.5, 0.6) is 0 Å². The summed E-state index contributed by atoms with van der Waals surface area (Å²) >= 11 is 3.39. The number of hydrogen-bond acceptors (Lipinski definition) is 3. The van der Waals surface area contributed by atoms with E-state index in [4.69, 9.17) is 9.84 Å². The Balaban J connectivity index is 1.80. The first-order valence-electron chi connectivity index (χ1n) is 5.79. The van der Waals surface area contributed by atoms with Crippen molar-refractivity contribution in [2.24, 2.45) is 4.99 Å². The molecule has 18 heavy (non-hydrogen) atoms. The van der Waals surface area contributed by atoms with Crippen molar-refractivity contribution >= 4 is 27.8 Å². The number of hydrogen-bond donors (Lipinski definition) is 1. The van der Waals surface area contributed by atoms with E-state index in [0.717, 1.165) is 10.9 Å². The summed E-state index contributed by atoms with van der Waals surface area (Å²) in [4.78, 5) is 14.7. The van der Waals surface area contributed by atoms with Gasteiger partial charge in [-0.2, -0.15) is 0 Å². The molecule has 0 spiro atoms. The summed E-state index contributed by atoms with van der Waals surface area (Å²) < 4.78 is 6.67. The van der Waals surface area contributed by atoms with Crippen LogP contribution in [0.2, 0.25) is 0 Å². The van der Waals surface area contributed by atoms with Crippen LogP contribution < -0.4 is 0 Å². The number of ether oxygens (including phenoxy) is 1. The molecular weight excluding hydrogens is 298 g/mol. The molecule has 0 bridgehead atoms. The molecule has 1 atom stereocenters. The fourth-order valence-electron chi connectivity index (χ4n) is 1.81. The quantitative estimate of drug-likeness (QED) is 0.909. The Labute approximate surface area is 114 Å². The van der Waals surface area contributed by atoms with Gasteiger partial charge >= 0.3 is 5.97 Å². The van der Waals surface area contributed by atoms with Crippen molar-refractivity contribution in [1.82, 2.24) is 0 Å². The largest absolute Gasteiger partial charge is 0.481 e.